The van der Waals surface area contributed by atoms with Crippen molar-refractivity contribution < 1.29 is 4.79 Å². The number of carbonyl (C=O) groups is 1. The number of rotatable bonds is 4. The van der Waals surface area contributed by atoms with Crippen LogP contribution >= 0.6 is 11.3 Å². The van der Waals surface area contributed by atoms with E-state index in [0.717, 1.165) is 28.4 Å². The fourth-order valence-corrected chi connectivity index (χ4v) is 3.10. The molecule has 2 aromatic rings. The summed E-state index contributed by atoms with van der Waals surface area (Å²) in [7, 11) is 0. The predicted molar refractivity (Wildman–Crippen MR) is 86.0 cm³/mol. The zero-order valence-electron chi connectivity index (χ0n) is 12.8. The molecule has 0 aliphatic heterocycles. The molecule has 112 valence electrons. The maximum Gasteiger partial charge on any atom is 0.320 e. The van der Waals surface area contributed by atoms with Gasteiger partial charge in [0.2, 0.25) is 0 Å². The van der Waals surface area contributed by atoms with Crippen LogP contribution in [-0.4, -0.2) is 22.5 Å². The lowest BCUT2D eigenvalue weighted by atomic mass is 10.2. The molecule has 2 aromatic heterocycles. The molecule has 0 aromatic carbocycles. The zero-order valence-corrected chi connectivity index (χ0v) is 13.6. The minimum absolute atomic E-state index is 0.230. The largest absolute Gasteiger partial charge is 0.337 e. The van der Waals surface area contributed by atoms with Crippen molar-refractivity contribution >= 4 is 23.2 Å². The Morgan fingerprint density at radius 3 is 2.57 bits per heavy atom. The molecule has 2 heterocycles. The minimum Gasteiger partial charge on any atom is -0.337 e. The second-order valence-electron chi connectivity index (χ2n) is 5.04. The summed E-state index contributed by atoms with van der Waals surface area (Å²) < 4.78 is 0. The third-order valence-corrected chi connectivity index (χ3v) is 4.11. The van der Waals surface area contributed by atoms with E-state index in [1.165, 1.54) is 4.88 Å². The van der Waals surface area contributed by atoms with Crippen LogP contribution in [0, 0.1) is 27.7 Å². The maximum atomic E-state index is 11.8. The summed E-state index contributed by atoms with van der Waals surface area (Å²) in [6, 6.07) is 3.59. The molecule has 21 heavy (non-hydrogen) atoms. The molecular formula is C15H20N4OS. The molecule has 0 bridgehead atoms. The lowest BCUT2D eigenvalue weighted by Crippen LogP contribution is -2.30. The van der Waals surface area contributed by atoms with E-state index in [-0.39, 0.29) is 6.03 Å². The average molecular weight is 304 g/mol. The van der Waals surface area contributed by atoms with Crippen LogP contribution in [-0.2, 0) is 6.42 Å². The highest BCUT2D eigenvalue weighted by molar-refractivity contribution is 7.11. The Hall–Kier alpha value is -1.95. The molecule has 5 nitrogen and oxygen atoms in total. The summed E-state index contributed by atoms with van der Waals surface area (Å²) in [4.78, 5) is 21.7. The summed E-state index contributed by atoms with van der Waals surface area (Å²) in [5.74, 6) is 0.579. The number of aryl methyl sites for hydroxylation is 4. The van der Waals surface area contributed by atoms with Gasteiger partial charge in [-0.3, -0.25) is 5.32 Å². The molecule has 0 unspecified atom stereocenters. The van der Waals surface area contributed by atoms with E-state index < -0.39 is 0 Å². The molecular weight excluding hydrogens is 284 g/mol. The van der Waals surface area contributed by atoms with Gasteiger partial charge in [0.15, 0.2) is 0 Å². The third kappa shape index (κ3) is 4.53. The van der Waals surface area contributed by atoms with Crippen LogP contribution < -0.4 is 10.6 Å². The second-order valence-corrected chi connectivity index (χ2v) is 6.33. The Bertz CT molecular complexity index is 631. The van der Waals surface area contributed by atoms with Crippen LogP contribution in [0.4, 0.5) is 10.6 Å². The van der Waals surface area contributed by atoms with Crippen molar-refractivity contribution in [2.24, 2.45) is 0 Å². The van der Waals surface area contributed by atoms with Gasteiger partial charge in [0.25, 0.3) is 0 Å². The molecule has 0 atom stereocenters. The van der Waals surface area contributed by atoms with E-state index in [1.54, 1.807) is 11.3 Å². The van der Waals surface area contributed by atoms with Crippen LogP contribution in [0.1, 0.15) is 26.8 Å². The Balaban J connectivity index is 1.83. The van der Waals surface area contributed by atoms with Crippen molar-refractivity contribution in [2.75, 3.05) is 11.9 Å². The van der Waals surface area contributed by atoms with Gasteiger partial charge in [0.1, 0.15) is 5.82 Å². The van der Waals surface area contributed by atoms with Crippen molar-refractivity contribution in [1.29, 1.82) is 0 Å². The van der Waals surface area contributed by atoms with Gasteiger partial charge >= 0.3 is 6.03 Å². The number of aromatic nitrogens is 2. The fourth-order valence-electron chi connectivity index (χ4n) is 2.16. The van der Waals surface area contributed by atoms with Crippen LogP contribution in [0.3, 0.4) is 0 Å². The molecule has 0 aliphatic carbocycles. The second kappa shape index (κ2) is 6.67. The number of hydrogen-bond acceptors (Lipinski definition) is 4. The lowest BCUT2D eigenvalue weighted by molar-refractivity contribution is 0.252. The van der Waals surface area contributed by atoms with Crippen LogP contribution in [0.2, 0.25) is 0 Å². The van der Waals surface area contributed by atoms with Crippen LogP contribution in [0.15, 0.2) is 12.1 Å². The summed E-state index contributed by atoms with van der Waals surface area (Å²) in [5.41, 5.74) is 3.02. The molecule has 0 saturated carbocycles. The molecule has 0 radical (unpaired) electrons. The predicted octanol–water partition coefficient (Wildman–Crippen LogP) is 3.14. The third-order valence-electron chi connectivity index (χ3n) is 2.98. The fraction of sp³-hybridized carbons (Fsp3) is 0.400. The first kappa shape index (κ1) is 15.4. The SMILES string of the molecule is Cc1cc(C)nc(NC(=O)NCCc2sc(C)nc2C)c1. The van der Waals surface area contributed by atoms with Crippen molar-refractivity contribution in [3.8, 4) is 0 Å². The van der Waals surface area contributed by atoms with Gasteiger partial charge < -0.3 is 5.32 Å². The molecule has 6 heteroatoms. The maximum absolute atomic E-state index is 11.8. The molecule has 2 rings (SSSR count). The monoisotopic (exact) mass is 304 g/mol. The van der Waals surface area contributed by atoms with Gasteiger partial charge in [-0.2, -0.15) is 0 Å². The number of anilines is 1. The number of urea groups is 1. The van der Waals surface area contributed by atoms with E-state index in [2.05, 4.69) is 20.6 Å². The van der Waals surface area contributed by atoms with E-state index in [4.69, 9.17) is 0 Å². The summed E-state index contributed by atoms with van der Waals surface area (Å²) >= 11 is 1.68. The van der Waals surface area contributed by atoms with E-state index in [1.807, 2.05) is 39.8 Å². The van der Waals surface area contributed by atoms with Gasteiger partial charge in [-0.1, -0.05) is 0 Å². The van der Waals surface area contributed by atoms with Crippen molar-refractivity contribution in [3.05, 3.63) is 39.0 Å². The Labute approximate surface area is 128 Å². The Kier molecular flexibility index (Phi) is 4.90. The summed E-state index contributed by atoms with van der Waals surface area (Å²) in [6.07, 6.45) is 0.797. The first-order valence-corrected chi connectivity index (χ1v) is 7.69. The van der Waals surface area contributed by atoms with Gasteiger partial charge in [-0.15, -0.1) is 11.3 Å². The summed E-state index contributed by atoms with van der Waals surface area (Å²) in [6.45, 7) is 8.46. The van der Waals surface area contributed by atoms with E-state index in [9.17, 15) is 4.79 Å². The van der Waals surface area contributed by atoms with Crippen LogP contribution in [0.25, 0.3) is 0 Å². The highest BCUT2D eigenvalue weighted by Gasteiger charge is 2.07. The lowest BCUT2D eigenvalue weighted by Gasteiger charge is -2.08. The number of nitrogens with zero attached hydrogens (tertiary/aromatic N) is 2. The first-order chi connectivity index (χ1) is 9.94. The van der Waals surface area contributed by atoms with Gasteiger partial charge in [0.05, 0.1) is 10.7 Å². The Morgan fingerprint density at radius 2 is 1.95 bits per heavy atom. The molecule has 0 aliphatic rings. The smallest absolute Gasteiger partial charge is 0.320 e. The normalized spacial score (nSPS) is 10.5. The first-order valence-electron chi connectivity index (χ1n) is 6.87. The Morgan fingerprint density at radius 1 is 1.19 bits per heavy atom. The van der Waals surface area contributed by atoms with Crippen molar-refractivity contribution in [3.63, 3.8) is 0 Å². The minimum atomic E-state index is -0.230. The molecule has 2 amide bonds. The number of hydrogen-bond donors (Lipinski definition) is 2. The van der Waals surface area contributed by atoms with Gasteiger partial charge in [-0.05, 0) is 45.4 Å². The van der Waals surface area contributed by atoms with Crippen molar-refractivity contribution in [2.45, 2.75) is 34.1 Å². The van der Waals surface area contributed by atoms with E-state index >= 15 is 0 Å². The number of carbonyl (C=O) groups excluding carboxylic acids is 1. The molecule has 2 N–H and O–H groups in total. The highest BCUT2D eigenvalue weighted by Crippen LogP contribution is 2.17. The summed E-state index contributed by atoms with van der Waals surface area (Å²) in [5, 5.41) is 6.66. The van der Waals surface area contributed by atoms with Gasteiger partial charge in [-0.25, -0.2) is 14.8 Å². The average Bonchev–Trinajstić information content (AvgIpc) is 2.66. The highest BCUT2D eigenvalue weighted by atomic mass is 32.1. The van der Waals surface area contributed by atoms with Gasteiger partial charge in [0, 0.05) is 23.5 Å². The molecule has 0 spiro atoms. The topological polar surface area (TPSA) is 66.9 Å². The van der Waals surface area contributed by atoms with Crippen LogP contribution in [0.5, 0.6) is 0 Å². The quantitative estimate of drug-likeness (QED) is 0.912. The standard InChI is InChI=1S/C15H20N4OS/c1-9-7-10(2)17-14(8-9)19-15(20)16-6-5-13-11(3)18-12(4)21-13/h7-8H,5-6H2,1-4H3,(H2,16,17,19,20). The molecule has 0 fully saturated rings. The zero-order chi connectivity index (χ0) is 15.4. The number of thiazole rings is 1. The number of amides is 2. The number of nitrogens with one attached hydrogen (secondary N) is 2. The molecule has 0 saturated heterocycles. The van der Waals surface area contributed by atoms with Crippen molar-refractivity contribution in [1.82, 2.24) is 15.3 Å². The van der Waals surface area contributed by atoms with E-state index in [0.29, 0.717) is 12.4 Å². The number of pyridine rings is 1.